The fourth-order valence-electron chi connectivity index (χ4n) is 4.04. The summed E-state index contributed by atoms with van der Waals surface area (Å²) in [7, 11) is 0. The van der Waals surface area contributed by atoms with Gasteiger partial charge in [0, 0.05) is 0 Å². The van der Waals surface area contributed by atoms with Crippen molar-refractivity contribution in [1.29, 1.82) is 0 Å². The van der Waals surface area contributed by atoms with Crippen LogP contribution in [-0.4, -0.2) is 0 Å². The lowest BCUT2D eigenvalue weighted by atomic mass is 9.86. The molecule has 0 spiro atoms. The molecule has 0 amide bonds. The van der Waals surface area contributed by atoms with E-state index in [1.54, 1.807) is 0 Å². The first-order chi connectivity index (χ1) is 11.5. The highest BCUT2D eigenvalue weighted by Gasteiger charge is 2.14. The van der Waals surface area contributed by atoms with E-state index >= 15 is 0 Å². The first-order valence-corrected chi connectivity index (χ1v) is 8.55. The third kappa shape index (κ3) is 2.30. The van der Waals surface area contributed by atoms with Crippen LogP contribution in [0.15, 0.2) is 60.7 Å². The molecule has 4 aromatic carbocycles. The minimum atomic E-state index is 1.31. The summed E-state index contributed by atoms with van der Waals surface area (Å²) in [5, 5.41) is 5.31. The number of benzene rings is 4. The molecular formula is C24H22. The zero-order valence-electron chi connectivity index (χ0n) is 14.8. The average Bonchev–Trinajstić information content (AvgIpc) is 2.53. The Morgan fingerprint density at radius 1 is 0.500 bits per heavy atom. The van der Waals surface area contributed by atoms with Gasteiger partial charge in [-0.15, -0.1) is 0 Å². The van der Waals surface area contributed by atoms with Crippen molar-refractivity contribution in [2.24, 2.45) is 0 Å². The summed E-state index contributed by atoms with van der Waals surface area (Å²) >= 11 is 0. The van der Waals surface area contributed by atoms with E-state index in [0.717, 1.165) is 0 Å². The van der Waals surface area contributed by atoms with Gasteiger partial charge in [-0.05, 0) is 77.6 Å². The lowest BCUT2D eigenvalue weighted by Crippen LogP contribution is -1.93. The van der Waals surface area contributed by atoms with Gasteiger partial charge in [-0.3, -0.25) is 0 Å². The van der Waals surface area contributed by atoms with Crippen LogP contribution in [0.25, 0.3) is 32.7 Å². The summed E-state index contributed by atoms with van der Waals surface area (Å²) in [6, 6.07) is 22.5. The van der Waals surface area contributed by atoms with Crippen molar-refractivity contribution in [2.75, 3.05) is 0 Å². The summed E-state index contributed by atoms with van der Waals surface area (Å²) in [5.41, 5.74) is 8.09. The highest BCUT2D eigenvalue weighted by molar-refractivity contribution is 6.13. The van der Waals surface area contributed by atoms with Gasteiger partial charge in [-0.25, -0.2) is 0 Å². The van der Waals surface area contributed by atoms with Crippen LogP contribution in [0, 0.1) is 27.7 Å². The molecule has 0 N–H and O–H groups in total. The Hall–Kier alpha value is -2.60. The number of rotatable bonds is 1. The molecule has 0 saturated heterocycles. The van der Waals surface area contributed by atoms with Crippen molar-refractivity contribution >= 4 is 21.5 Å². The SMILES string of the molecule is Cc1cc(C)c(-c2c3ccccc3cc3cc(C)ccc23)c(C)c1. The van der Waals surface area contributed by atoms with Crippen molar-refractivity contribution in [3.05, 3.63) is 82.9 Å². The number of aryl methyl sites for hydroxylation is 4. The monoisotopic (exact) mass is 310 g/mol. The Morgan fingerprint density at radius 3 is 1.92 bits per heavy atom. The van der Waals surface area contributed by atoms with Crippen LogP contribution in [0.1, 0.15) is 22.3 Å². The Bertz CT molecular complexity index is 1060. The number of hydrogen-bond donors (Lipinski definition) is 0. The molecule has 0 unspecified atom stereocenters. The standard InChI is InChI=1S/C24H22/c1-15-9-10-22-20(13-15)14-19-7-5-6-8-21(19)24(22)23-17(3)11-16(2)12-18(23)4/h5-14H,1-4H3. The first-order valence-electron chi connectivity index (χ1n) is 8.55. The molecule has 0 radical (unpaired) electrons. The Morgan fingerprint density at radius 2 is 1.17 bits per heavy atom. The van der Waals surface area contributed by atoms with Crippen LogP contribution < -0.4 is 0 Å². The van der Waals surface area contributed by atoms with Crippen molar-refractivity contribution in [2.45, 2.75) is 27.7 Å². The maximum Gasteiger partial charge on any atom is -0.00215 e. The minimum absolute atomic E-state index is 1.31. The molecule has 0 atom stereocenters. The summed E-state index contributed by atoms with van der Waals surface area (Å²) in [6.07, 6.45) is 0. The van der Waals surface area contributed by atoms with Gasteiger partial charge in [0.25, 0.3) is 0 Å². The number of fused-ring (bicyclic) bond motifs is 2. The third-order valence-electron chi connectivity index (χ3n) is 4.94. The zero-order valence-corrected chi connectivity index (χ0v) is 14.8. The van der Waals surface area contributed by atoms with Crippen LogP contribution in [0.4, 0.5) is 0 Å². The molecule has 4 aromatic rings. The largest absolute Gasteiger partial charge is 0.0616 e. The molecule has 0 bridgehead atoms. The molecule has 0 fully saturated rings. The molecular weight excluding hydrogens is 288 g/mol. The van der Waals surface area contributed by atoms with Gasteiger partial charge < -0.3 is 0 Å². The average molecular weight is 310 g/mol. The fourth-order valence-corrected chi connectivity index (χ4v) is 4.04. The molecule has 0 aliphatic carbocycles. The van der Waals surface area contributed by atoms with E-state index in [2.05, 4.69) is 88.4 Å². The topological polar surface area (TPSA) is 0 Å². The molecule has 4 rings (SSSR count). The van der Waals surface area contributed by atoms with E-state index in [1.807, 2.05) is 0 Å². The van der Waals surface area contributed by atoms with E-state index in [1.165, 1.54) is 54.9 Å². The van der Waals surface area contributed by atoms with Crippen LogP contribution in [0.3, 0.4) is 0 Å². The van der Waals surface area contributed by atoms with Gasteiger partial charge in [0.2, 0.25) is 0 Å². The van der Waals surface area contributed by atoms with Crippen molar-refractivity contribution in [3.63, 3.8) is 0 Å². The van der Waals surface area contributed by atoms with Crippen molar-refractivity contribution in [1.82, 2.24) is 0 Å². The highest BCUT2D eigenvalue weighted by Crippen LogP contribution is 2.40. The maximum absolute atomic E-state index is 2.32. The molecule has 24 heavy (non-hydrogen) atoms. The van der Waals surface area contributed by atoms with E-state index in [9.17, 15) is 0 Å². The number of hydrogen-bond acceptors (Lipinski definition) is 0. The maximum atomic E-state index is 2.32. The Kier molecular flexibility index (Phi) is 3.42. The predicted molar refractivity (Wildman–Crippen MR) is 106 cm³/mol. The molecule has 0 aliphatic rings. The highest BCUT2D eigenvalue weighted by atomic mass is 14.2. The van der Waals surface area contributed by atoms with Crippen LogP contribution in [0.5, 0.6) is 0 Å². The van der Waals surface area contributed by atoms with E-state index in [-0.39, 0.29) is 0 Å². The Labute approximate surface area is 143 Å². The molecule has 0 aromatic heterocycles. The molecule has 0 heteroatoms. The molecule has 0 aliphatic heterocycles. The summed E-state index contributed by atoms with van der Waals surface area (Å²) in [4.78, 5) is 0. The van der Waals surface area contributed by atoms with Crippen LogP contribution in [-0.2, 0) is 0 Å². The van der Waals surface area contributed by atoms with E-state index < -0.39 is 0 Å². The van der Waals surface area contributed by atoms with Crippen LogP contribution in [0.2, 0.25) is 0 Å². The van der Waals surface area contributed by atoms with Gasteiger partial charge >= 0.3 is 0 Å². The second-order valence-corrected chi connectivity index (χ2v) is 6.97. The van der Waals surface area contributed by atoms with E-state index in [0.29, 0.717) is 0 Å². The molecule has 118 valence electrons. The lowest BCUT2D eigenvalue weighted by Gasteiger charge is -2.17. The summed E-state index contributed by atoms with van der Waals surface area (Å²) in [5.74, 6) is 0. The fraction of sp³-hybridized carbons (Fsp3) is 0.167. The smallest absolute Gasteiger partial charge is 0.00215 e. The third-order valence-corrected chi connectivity index (χ3v) is 4.94. The van der Waals surface area contributed by atoms with Gasteiger partial charge in [0.15, 0.2) is 0 Å². The zero-order chi connectivity index (χ0) is 16.8. The quantitative estimate of drug-likeness (QED) is 0.336. The molecule has 0 nitrogen and oxygen atoms in total. The van der Waals surface area contributed by atoms with E-state index in [4.69, 9.17) is 0 Å². The normalized spacial score (nSPS) is 11.3. The lowest BCUT2D eigenvalue weighted by molar-refractivity contribution is 1.33. The molecule has 0 heterocycles. The minimum Gasteiger partial charge on any atom is -0.0616 e. The van der Waals surface area contributed by atoms with Gasteiger partial charge in [-0.1, -0.05) is 65.7 Å². The second-order valence-electron chi connectivity index (χ2n) is 6.97. The van der Waals surface area contributed by atoms with Gasteiger partial charge in [-0.2, -0.15) is 0 Å². The summed E-state index contributed by atoms with van der Waals surface area (Å²) in [6.45, 7) is 8.80. The van der Waals surface area contributed by atoms with Crippen molar-refractivity contribution < 1.29 is 0 Å². The first kappa shape index (κ1) is 15.0. The molecule has 0 saturated carbocycles. The summed E-state index contributed by atoms with van der Waals surface area (Å²) < 4.78 is 0. The van der Waals surface area contributed by atoms with Crippen molar-refractivity contribution in [3.8, 4) is 11.1 Å². The Balaban J connectivity index is 2.24. The second kappa shape index (κ2) is 5.49. The van der Waals surface area contributed by atoms with Gasteiger partial charge in [0.1, 0.15) is 0 Å². The van der Waals surface area contributed by atoms with Crippen LogP contribution >= 0.6 is 0 Å². The predicted octanol–water partition coefficient (Wildman–Crippen LogP) is 6.89. The van der Waals surface area contributed by atoms with Gasteiger partial charge in [0.05, 0.1) is 0 Å².